The lowest BCUT2D eigenvalue weighted by molar-refractivity contribution is -0.119. The number of nitrogens with one attached hydrogen (secondary N) is 1. The number of rotatable bonds is 6. The Balaban J connectivity index is 1.80. The van der Waals surface area contributed by atoms with Crippen molar-refractivity contribution in [2.45, 2.75) is 51.8 Å². The molecule has 0 aliphatic carbocycles. The van der Waals surface area contributed by atoms with E-state index in [4.69, 9.17) is 0 Å². The fraction of sp³-hybridized carbons (Fsp3) is 0.409. The predicted molar refractivity (Wildman–Crippen MR) is 109 cm³/mol. The van der Waals surface area contributed by atoms with Crippen molar-refractivity contribution in [3.8, 4) is 0 Å². The lowest BCUT2D eigenvalue weighted by Gasteiger charge is -2.20. The van der Waals surface area contributed by atoms with Gasteiger partial charge in [-0.3, -0.25) is 4.79 Å². The van der Waals surface area contributed by atoms with Crippen LogP contribution in [0.5, 0.6) is 0 Å². The number of carbonyl (C=O) groups excluding carboxylic acids is 1. The van der Waals surface area contributed by atoms with Gasteiger partial charge in [0.1, 0.15) is 0 Å². The molecular weight excluding hydrogens is 326 g/mol. The van der Waals surface area contributed by atoms with Crippen molar-refractivity contribution in [2.75, 3.05) is 5.75 Å². The van der Waals surface area contributed by atoms with Crippen LogP contribution in [0.4, 0.5) is 0 Å². The van der Waals surface area contributed by atoms with Crippen LogP contribution in [-0.4, -0.2) is 11.7 Å². The molecule has 0 unspecified atom stereocenters. The highest BCUT2D eigenvalue weighted by molar-refractivity contribution is 7.99. The Bertz CT molecular complexity index is 683. The predicted octanol–water partition coefficient (Wildman–Crippen LogP) is 5.40. The van der Waals surface area contributed by atoms with E-state index in [-0.39, 0.29) is 17.4 Å². The number of hydrogen-bond acceptors (Lipinski definition) is 2. The molecule has 2 nitrogen and oxygen atoms in total. The van der Waals surface area contributed by atoms with Gasteiger partial charge in [0.25, 0.3) is 0 Å². The van der Waals surface area contributed by atoms with Gasteiger partial charge in [0.05, 0.1) is 11.8 Å². The summed E-state index contributed by atoms with van der Waals surface area (Å²) in [6.07, 6.45) is 0. The van der Waals surface area contributed by atoms with Crippen LogP contribution in [0.2, 0.25) is 0 Å². The largest absolute Gasteiger partial charge is 0.349 e. The fourth-order valence-electron chi connectivity index (χ4n) is 2.58. The molecule has 2 rings (SSSR count). The Morgan fingerprint density at radius 2 is 1.64 bits per heavy atom. The molecule has 0 heterocycles. The van der Waals surface area contributed by atoms with Crippen molar-refractivity contribution >= 4 is 17.7 Å². The topological polar surface area (TPSA) is 29.1 Å². The summed E-state index contributed by atoms with van der Waals surface area (Å²) < 4.78 is 0. The van der Waals surface area contributed by atoms with Gasteiger partial charge in [-0.2, -0.15) is 0 Å². The van der Waals surface area contributed by atoms with Gasteiger partial charge in [-0.05, 0) is 36.0 Å². The molecule has 0 aliphatic rings. The second kappa shape index (κ2) is 8.57. The van der Waals surface area contributed by atoms with Crippen molar-refractivity contribution in [1.29, 1.82) is 0 Å². The molecule has 0 spiro atoms. The molecule has 1 N–H and O–H groups in total. The molecule has 0 saturated carbocycles. The smallest absolute Gasteiger partial charge is 0.230 e. The van der Waals surface area contributed by atoms with Crippen molar-refractivity contribution in [3.05, 3.63) is 70.8 Å². The van der Waals surface area contributed by atoms with Gasteiger partial charge in [0.2, 0.25) is 5.91 Å². The second-order valence-corrected chi connectivity index (χ2v) is 8.63. The van der Waals surface area contributed by atoms with E-state index < -0.39 is 0 Å². The number of benzene rings is 2. The highest BCUT2D eigenvalue weighted by Gasteiger charge is 2.15. The average molecular weight is 356 g/mol. The van der Waals surface area contributed by atoms with Crippen LogP contribution >= 0.6 is 11.8 Å². The van der Waals surface area contributed by atoms with Crippen LogP contribution in [0.15, 0.2) is 48.5 Å². The van der Waals surface area contributed by atoms with E-state index in [1.807, 2.05) is 6.92 Å². The van der Waals surface area contributed by atoms with Gasteiger partial charge in [-0.1, -0.05) is 74.9 Å². The zero-order valence-corrected chi connectivity index (χ0v) is 16.7. The third-order valence-electron chi connectivity index (χ3n) is 4.28. The lowest BCUT2D eigenvalue weighted by atomic mass is 9.86. The summed E-state index contributed by atoms with van der Waals surface area (Å²) >= 11 is 1.65. The minimum Gasteiger partial charge on any atom is -0.349 e. The Morgan fingerprint density at radius 1 is 1.04 bits per heavy atom. The molecule has 1 atom stereocenters. The van der Waals surface area contributed by atoms with Gasteiger partial charge >= 0.3 is 0 Å². The zero-order valence-electron chi connectivity index (χ0n) is 15.9. The van der Waals surface area contributed by atoms with Crippen LogP contribution in [0.1, 0.15) is 56.0 Å². The summed E-state index contributed by atoms with van der Waals surface area (Å²) in [4.78, 5) is 12.2. The van der Waals surface area contributed by atoms with Crippen LogP contribution in [0.3, 0.4) is 0 Å². The second-order valence-electron chi connectivity index (χ2n) is 7.64. The summed E-state index contributed by atoms with van der Waals surface area (Å²) in [5.74, 6) is 1.44. The molecule has 0 fully saturated rings. The normalized spacial score (nSPS) is 12.7. The first-order valence-electron chi connectivity index (χ1n) is 8.79. The maximum Gasteiger partial charge on any atom is 0.230 e. The van der Waals surface area contributed by atoms with Crippen molar-refractivity contribution in [3.63, 3.8) is 0 Å². The Morgan fingerprint density at radius 3 is 2.20 bits per heavy atom. The third-order valence-corrected chi connectivity index (χ3v) is 5.28. The number of aryl methyl sites for hydroxylation is 1. The highest BCUT2D eigenvalue weighted by atomic mass is 32.2. The maximum atomic E-state index is 12.2. The van der Waals surface area contributed by atoms with Crippen LogP contribution in [0.25, 0.3) is 0 Å². The minimum atomic E-state index is 0.0292. The van der Waals surface area contributed by atoms with Gasteiger partial charge in [-0.15, -0.1) is 11.8 Å². The lowest BCUT2D eigenvalue weighted by Crippen LogP contribution is -2.28. The Hall–Kier alpha value is -1.74. The van der Waals surface area contributed by atoms with Gasteiger partial charge in [-0.25, -0.2) is 0 Å². The maximum absolute atomic E-state index is 12.2. The monoisotopic (exact) mass is 355 g/mol. The van der Waals surface area contributed by atoms with Crippen molar-refractivity contribution < 1.29 is 4.79 Å². The molecule has 2 aromatic rings. The summed E-state index contributed by atoms with van der Waals surface area (Å²) in [5.41, 5.74) is 5.12. The van der Waals surface area contributed by atoms with E-state index in [1.165, 1.54) is 16.7 Å². The van der Waals surface area contributed by atoms with E-state index in [1.54, 1.807) is 11.8 Å². The van der Waals surface area contributed by atoms with Crippen LogP contribution in [-0.2, 0) is 16.0 Å². The Kier molecular flexibility index (Phi) is 6.71. The number of hydrogen-bond donors (Lipinski definition) is 1. The quantitative estimate of drug-likeness (QED) is 0.751. The molecule has 0 radical (unpaired) electrons. The summed E-state index contributed by atoms with van der Waals surface area (Å²) in [6, 6.07) is 17.0. The van der Waals surface area contributed by atoms with Crippen molar-refractivity contribution in [2.24, 2.45) is 0 Å². The molecule has 0 aliphatic heterocycles. The molecule has 0 aromatic heterocycles. The van der Waals surface area contributed by atoms with Crippen LogP contribution in [0, 0.1) is 6.92 Å². The zero-order chi connectivity index (χ0) is 18.4. The molecule has 25 heavy (non-hydrogen) atoms. The summed E-state index contributed by atoms with van der Waals surface area (Å²) in [7, 11) is 0. The first kappa shape index (κ1) is 19.6. The van der Waals surface area contributed by atoms with Gasteiger partial charge in [0, 0.05) is 5.75 Å². The minimum absolute atomic E-state index is 0.0292. The SMILES string of the molecule is Cc1ccc(CSCC(=O)N[C@@H](C)c2ccc(C(C)(C)C)cc2)cc1. The first-order chi connectivity index (χ1) is 11.8. The molecule has 1 amide bonds. The van der Waals surface area contributed by atoms with Crippen LogP contribution < -0.4 is 5.32 Å². The molecular formula is C22H29NOS. The molecule has 2 aromatic carbocycles. The summed E-state index contributed by atoms with van der Waals surface area (Å²) in [6.45, 7) is 10.7. The van der Waals surface area contributed by atoms with Crippen molar-refractivity contribution in [1.82, 2.24) is 5.32 Å². The fourth-order valence-corrected chi connectivity index (χ4v) is 3.38. The van der Waals surface area contributed by atoms with Gasteiger partial charge in [0.15, 0.2) is 0 Å². The van der Waals surface area contributed by atoms with E-state index in [2.05, 4.69) is 81.5 Å². The highest BCUT2D eigenvalue weighted by Crippen LogP contribution is 2.24. The number of amides is 1. The van der Waals surface area contributed by atoms with E-state index in [9.17, 15) is 4.79 Å². The number of thioether (sulfide) groups is 1. The Labute approximate surface area is 156 Å². The molecule has 0 saturated heterocycles. The average Bonchev–Trinajstić information content (AvgIpc) is 2.56. The summed E-state index contributed by atoms with van der Waals surface area (Å²) in [5, 5.41) is 3.09. The standard InChI is InChI=1S/C22H29NOS/c1-16-6-8-18(9-7-16)14-25-15-21(24)23-17(2)19-10-12-20(13-11-19)22(3,4)5/h6-13,17H,14-15H2,1-5H3,(H,23,24)/t17-/m0/s1. The third kappa shape index (κ3) is 6.24. The number of carbonyl (C=O) groups is 1. The first-order valence-corrected chi connectivity index (χ1v) is 9.94. The van der Waals surface area contributed by atoms with Gasteiger partial charge < -0.3 is 5.32 Å². The molecule has 134 valence electrons. The van der Waals surface area contributed by atoms with E-state index in [0.717, 1.165) is 11.3 Å². The van der Waals surface area contributed by atoms with E-state index in [0.29, 0.717) is 5.75 Å². The van der Waals surface area contributed by atoms with E-state index >= 15 is 0 Å². The molecule has 0 bridgehead atoms. The molecule has 3 heteroatoms.